The summed E-state index contributed by atoms with van der Waals surface area (Å²) in [6.45, 7) is 6.17. The first-order valence-corrected chi connectivity index (χ1v) is 7.26. The van der Waals surface area contributed by atoms with Gasteiger partial charge in [-0.25, -0.2) is 0 Å². The van der Waals surface area contributed by atoms with Crippen molar-refractivity contribution < 1.29 is 14.3 Å². The molecule has 5 heteroatoms. The van der Waals surface area contributed by atoms with Crippen molar-refractivity contribution >= 4 is 11.8 Å². The molecule has 2 saturated heterocycles. The van der Waals surface area contributed by atoms with Crippen LogP contribution in [0.4, 0.5) is 0 Å². The van der Waals surface area contributed by atoms with Crippen LogP contribution in [0.1, 0.15) is 39.5 Å². The monoisotopic (exact) mass is 268 g/mol. The van der Waals surface area contributed by atoms with Crippen molar-refractivity contribution in [1.82, 2.24) is 10.2 Å². The van der Waals surface area contributed by atoms with Crippen molar-refractivity contribution in [3.05, 3.63) is 0 Å². The Labute approximate surface area is 114 Å². The maximum Gasteiger partial charge on any atom is 0.242 e. The number of nitrogens with one attached hydrogen (secondary N) is 1. The molecule has 0 saturated carbocycles. The van der Waals surface area contributed by atoms with Crippen molar-refractivity contribution in [3.63, 3.8) is 0 Å². The van der Waals surface area contributed by atoms with Gasteiger partial charge in [-0.05, 0) is 25.2 Å². The van der Waals surface area contributed by atoms with E-state index in [0.717, 1.165) is 25.9 Å². The molecule has 0 radical (unpaired) electrons. The maximum absolute atomic E-state index is 12.3. The van der Waals surface area contributed by atoms with Gasteiger partial charge in [-0.15, -0.1) is 0 Å². The summed E-state index contributed by atoms with van der Waals surface area (Å²) in [5.74, 6) is 0.489. The first kappa shape index (κ1) is 14.3. The Morgan fingerprint density at radius 1 is 1.53 bits per heavy atom. The fourth-order valence-electron chi connectivity index (χ4n) is 2.63. The van der Waals surface area contributed by atoms with Crippen LogP contribution in [-0.2, 0) is 14.3 Å². The van der Waals surface area contributed by atoms with Crippen LogP contribution in [0, 0.1) is 5.92 Å². The molecule has 2 aliphatic heterocycles. The number of piperazine rings is 1. The molecule has 1 N–H and O–H groups in total. The molecular formula is C14H24N2O3. The number of ether oxygens (including phenoxy) is 1. The molecule has 2 atom stereocenters. The Morgan fingerprint density at radius 3 is 2.84 bits per heavy atom. The number of amides is 2. The minimum Gasteiger partial charge on any atom is -0.378 e. The lowest BCUT2D eigenvalue weighted by atomic mass is 9.99. The van der Waals surface area contributed by atoms with Gasteiger partial charge in [-0.1, -0.05) is 13.8 Å². The summed E-state index contributed by atoms with van der Waals surface area (Å²) < 4.78 is 5.33. The van der Waals surface area contributed by atoms with Gasteiger partial charge >= 0.3 is 0 Å². The Kier molecular flexibility index (Phi) is 4.80. The molecule has 0 aromatic carbocycles. The van der Waals surface area contributed by atoms with Crippen LogP contribution < -0.4 is 5.32 Å². The second kappa shape index (κ2) is 6.37. The van der Waals surface area contributed by atoms with E-state index in [9.17, 15) is 9.59 Å². The van der Waals surface area contributed by atoms with Gasteiger partial charge in [0.25, 0.3) is 0 Å². The second-order valence-electron chi connectivity index (χ2n) is 5.84. The van der Waals surface area contributed by atoms with Gasteiger partial charge in [0.2, 0.25) is 11.8 Å². The SMILES string of the molecule is CC(C)C[C@H]1C(=O)NCCN1C(=O)CC[C@H]1CCO1. The molecule has 2 rings (SSSR count). The third-order valence-electron chi connectivity index (χ3n) is 3.82. The average molecular weight is 268 g/mol. The van der Waals surface area contributed by atoms with Gasteiger partial charge in [0, 0.05) is 26.1 Å². The highest BCUT2D eigenvalue weighted by Crippen LogP contribution is 2.20. The van der Waals surface area contributed by atoms with Crippen LogP contribution in [0.15, 0.2) is 0 Å². The number of hydrogen-bond acceptors (Lipinski definition) is 3. The van der Waals surface area contributed by atoms with E-state index >= 15 is 0 Å². The predicted molar refractivity (Wildman–Crippen MR) is 71.6 cm³/mol. The van der Waals surface area contributed by atoms with E-state index in [1.165, 1.54) is 0 Å². The highest BCUT2D eigenvalue weighted by atomic mass is 16.5. The first-order chi connectivity index (χ1) is 9.08. The fraction of sp³-hybridized carbons (Fsp3) is 0.857. The molecule has 2 heterocycles. The molecule has 2 amide bonds. The van der Waals surface area contributed by atoms with E-state index in [1.54, 1.807) is 4.90 Å². The van der Waals surface area contributed by atoms with Gasteiger partial charge in [-0.3, -0.25) is 9.59 Å². The molecule has 19 heavy (non-hydrogen) atoms. The Hall–Kier alpha value is -1.10. The van der Waals surface area contributed by atoms with Crippen LogP contribution in [0.3, 0.4) is 0 Å². The topological polar surface area (TPSA) is 58.6 Å². The minimum absolute atomic E-state index is 0.00630. The average Bonchev–Trinajstić information content (AvgIpc) is 2.29. The van der Waals surface area contributed by atoms with Gasteiger partial charge in [0.1, 0.15) is 6.04 Å². The summed E-state index contributed by atoms with van der Waals surface area (Å²) in [5.41, 5.74) is 0. The second-order valence-corrected chi connectivity index (χ2v) is 5.84. The normalized spacial score (nSPS) is 27.1. The van der Waals surface area contributed by atoms with E-state index in [1.807, 2.05) is 0 Å². The van der Waals surface area contributed by atoms with Crippen LogP contribution in [0.5, 0.6) is 0 Å². The summed E-state index contributed by atoms with van der Waals surface area (Å²) >= 11 is 0. The zero-order valence-electron chi connectivity index (χ0n) is 11.9. The molecule has 0 bridgehead atoms. The van der Waals surface area contributed by atoms with Crippen molar-refractivity contribution in [1.29, 1.82) is 0 Å². The lowest BCUT2D eigenvalue weighted by Crippen LogP contribution is -2.57. The number of rotatable bonds is 5. The molecule has 2 aliphatic rings. The first-order valence-electron chi connectivity index (χ1n) is 7.26. The Balaban J connectivity index is 1.89. The highest BCUT2D eigenvalue weighted by Gasteiger charge is 2.33. The highest BCUT2D eigenvalue weighted by molar-refractivity contribution is 5.88. The molecule has 0 aliphatic carbocycles. The summed E-state index contributed by atoms with van der Waals surface area (Å²) in [7, 11) is 0. The number of hydrogen-bond donors (Lipinski definition) is 1. The van der Waals surface area contributed by atoms with Gasteiger partial charge in [0.05, 0.1) is 6.10 Å². The minimum atomic E-state index is -0.288. The lowest BCUT2D eigenvalue weighted by molar-refractivity contribution is -0.145. The summed E-state index contributed by atoms with van der Waals surface area (Å²) in [6.07, 6.45) is 3.32. The van der Waals surface area contributed by atoms with Crippen molar-refractivity contribution in [2.75, 3.05) is 19.7 Å². The van der Waals surface area contributed by atoms with E-state index in [0.29, 0.717) is 25.4 Å². The van der Waals surface area contributed by atoms with Crippen LogP contribution >= 0.6 is 0 Å². The molecule has 0 aromatic heterocycles. The Bertz CT molecular complexity index is 340. The van der Waals surface area contributed by atoms with Crippen molar-refractivity contribution in [2.24, 2.45) is 5.92 Å². The molecule has 2 fully saturated rings. The lowest BCUT2D eigenvalue weighted by Gasteiger charge is -2.36. The number of nitrogens with zero attached hydrogens (tertiary/aromatic N) is 1. The summed E-state index contributed by atoms with van der Waals surface area (Å²) in [4.78, 5) is 26.0. The fourth-order valence-corrected chi connectivity index (χ4v) is 2.63. The van der Waals surface area contributed by atoms with E-state index in [2.05, 4.69) is 19.2 Å². The van der Waals surface area contributed by atoms with Crippen LogP contribution in [0.25, 0.3) is 0 Å². The zero-order chi connectivity index (χ0) is 13.8. The molecule has 108 valence electrons. The van der Waals surface area contributed by atoms with Crippen molar-refractivity contribution in [2.45, 2.75) is 51.7 Å². The number of carbonyl (C=O) groups is 2. The predicted octanol–water partition coefficient (Wildman–Crippen LogP) is 0.929. The van der Waals surface area contributed by atoms with Gasteiger partial charge < -0.3 is 15.0 Å². The van der Waals surface area contributed by atoms with Crippen LogP contribution in [-0.4, -0.2) is 48.6 Å². The largest absolute Gasteiger partial charge is 0.378 e. The molecular weight excluding hydrogens is 244 g/mol. The van der Waals surface area contributed by atoms with E-state index < -0.39 is 0 Å². The summed E-state index contributed by atoms with van der Waals surface area (Å²) in [6, 6.07) is -0.288. The van der Waals surface area contributed by atoms with Gasteiger partial charge in [0.15, 0.2) is 0 Å². The number of carbonyl (C=O) groups excluding carboxylic acids is 2. The quantitative estimate of drug-likeness (QED) is 0.807. The third kappa shape index (κ3) is 3.69. The van der Waals surface area contributed by atoms with Crippen LogP contribution in [0.2, 0.25) is 0 Å². The molecule has 0 unspecified atom stereocenters. The van der Waals surface area contributed by atoms with Crippen molar-refractivity contribution in [3.8, 4) is 0 Å². The molecule has 5 nitrogen and oxygen atoms in total. The third-order valence-corrected chi connectivity index (χ3v) is 3.82. The summed E-state index contributed by atoms with van der Waals surface area (Å²) in [5, 5.41) is 2.85. The zero-order valence-corrected chi connectivity index (χ0v) is 11.9. The van der Waals surface area contributed by atoms with E-state index in [-0.39, 0.29) is 24.0 Å². The maximum atomic E-state index is 12.3. The standard InChI is InChI=1S/C14H24N2O3/c1-10(2)9-12-14(18)15-6-7-16(12)13(17)4-3-11-5-8-19-11/h10-12H,3-9H2,1-2H3,(H,15,18)/t11-,12-/m0/s1. The Morgan fingerprint density at radius 2 is 2.26 bits per heavy atom. The molecule has 0 spiro atoms. The smallest absolute Gasteiger partial charge is 0.242 e. The van der Waals surface area contributed by atoms with Gasteiger partial charge in [-0.2, -0.15) is 0 Å². The molecule has 0 aromatic rings. The van der Waals surface area contributed by atoms with E-state index in [4.69, 9.17) is 4.74 Å².